The molecule has 0 bridgehead atoms. The van der Waals surface area contributed by atoms with Crippen molar-refractivity contribution in [2.24, 2.45) is 0 Å². The molecular weight excluding hydrogens is 238 g/mol. The zero-order chi connectivity index (χ0) is 11.6. The van der Waals surface area contributed by atoms with Crippen molar-refractivity contribution in [2.75, 3.05) is 0 Å². The summed E-state index contributed by atoms with van der Waals surface area (Å²) in [6.45, 7) is 4.39. The molecule has 0 saturated heterocycles. The molecule has 0 saturated carbocycles. The van der Waals surface area contributed by atoms with Gasteiger partial charge >= 0.3 is 0 Å². The highest BCUT2D eigenvalue weighted by Gasteiger charge is 2.26. The first-order valence-electron chi connectivity index (χ1n) is 5.21. The van der Waals surface area contributed by atoms with Crippen LogP contribution in [-0.2, 0) is 11.3 Å². The third-order valence-corrected chi connectivity index (χ3v) is 4.48. The number of hydrogen-bond acceptors (Lipinski definition) is 2. The Labute approximate surface area is 105 Å². The summed E-state index contributed by atoms with van der Waals surface area (Å²) in [5.41, 5.74) is 1.24. The summed E-state index contributed by atoms with van der Waals surface area (Å²) in [5, 5.41) is 1.12. The van der Waals surface area contributed by atoms with E-state index < -0.39 is 0 Å². The first-order chi connectivity index (χ1) is 7.64. The van der Waals surface area contributed by atoms with Crippen LogP contribution in [0.25, 0.3) is 0 Å². The van der Waals surface area contributed by atoms with Crippen molar-refractivity contribution in [3.8, 4) is 0 Å². The SMILES string of the molecule is CC(C)(c1ccccc1)c1ncc(CCl)s1. The van der Waals surface area contributed by atoms with Crippen LogP contribution in [-0.4, -0.2) is 4.98 Å². The molecule has 1 nitrogen and oxygen atoms in total. The molecule has 1 heterocycles. The summed E-state index contributed by atoms with van der Waals surface area (Å²) in [5.74, 6) is 0.544. The lowest BCUT2D eigenvalue weighted by atomic mass is 9.85. The molecule has 0 unspecified atom stereocenters. The lowest BCUT2D eigenvalue weighted by molar-refractivity contribution is 0.635. The van der Waals surface area contributed by atoms with Crippen LogP contribution in [0, 0.1) is 0 Å². The van der Waals surface area contributed by atoms with Gasteiger partial charge in [0, 0.05) is 16.5 Å². The Kier molecular flexibility index (Phi) is 3.31. The second-order valence-corrected chi connectivity index (χ2v) is 5.64. The van der Waals surface area contributed by atoms with E-state index in [4.69, 9.17) is 11.6 Å². The van der Waals surface area contributed by atoms with Gasteiger partial charge in [0.25, 0.3) is 0 Å². The zero-order valence-electron chi connectivity index (χ0n) is 9.40. The summed E-state index contributed by atoms with van der Waals surface area (Å²) >= 11 is 7.50. The number of benzene rings is 1. The largest absolute Gasteiger partial charge is 0.248 e. The highest BCUT2D eigenvalue weighted by atomic mass is 35.5. The average molecular weight is 252 g/mol. The summed E-state index contributed by atoms with van der Waals surface area (Å²) in [6.07, 6.45) is 1.87. The van der Waals surface area contributed by atoms with Gasteiger partial charge in [-0.15, -0.1) is 22.9 Å². The molecule has 0 aliphatic heterocycles. The van der Waals surface area contributed by atoms with Crippen molar-refractivity contribution >= 4 is 22.9 Å². The maximum atomic E-state index is 5.81. The Bertz CT molecular complexity index is 462. The molecule has 0 amide bonds. The van der Waals surface area contributed by atoms with Gasteiger partial charge in [-0.05, 0) is 19.4 Å². The van der Waals surface area contributed by atoms with Gasteiger partial charge in [0.15, 0.2) is 0 Å². The topological polar surface area (TPSA) is 12.9 Å². The van der Waals surface area contributed by atoms with Gasteiger partial charge in [0.1, 0.15) is 5.01 Å². The molecule has 16 heavy (non-hydrogen) atoms. The van der Waals surface area contributed by atoms with E-state index in [9.17, 15) is 0 Å². The molecule has 84 valence electrons. The summed E-state index contributed by atoms with van der Waals surface area (Å²) in [4.78, 5) is 5.59. The second kappa shape index (κ2) is 4.56. The number of hydrogen-bond donors (Lipinski definition) is 0. The van der Waals surface area contributed by atoms with Gasteiger partial charge in [-0.25, -0.2) is 4.98 Å². The van der Waals surface area contributed by atoms with Crippen molar-refractivity contribution in [1.82, 2.24) is 4.98 Å². The van der Waals surface area contributed by atoms with Crippen LogP contribution in [0.3, 0.4) is 0 Å². The van der Waals surface area contributed by atoms with Gasteiger partial charge in [0.2, 0.25) is 0 Å². The lowest BCUT2D eigenvalue weighted by Gasteiger charge is -2.22. The number of halogens is 1. The standard InChI is InChI=1S/C13H14ClNS/c1-13(2,10-6-4-3-5-7-10)12-15-9-11(8-14)16-12/h3-7,9H,8H2,1-2H3. The predicted molar refractivity (Wildman–Crippen MR) is 70.2 cm³/mol. The molecule has 1 aromatic carbocycles. The fourth-order valence-corrected chi connectivity index (χ4v) is 2.76. The van der Waals surface area contributed by atoms with Crippen LogP contribution in [0.1, 0.15) is 29.3 Å². The smallest absolute Gasteiger partial charge is 0.103 e. The Hall–Kier alpha value is -0.860. The van der Waals surface area contributed by atoms with Crippen LogP contribution in [0.15, 0.2) is 36.5 Å². The van der Waals surface area contributed by atoms with Crippen molar-refractivity contribution < 1.29 is 0 Å². The highest BCUT2D eigenvalue weighted by Crippen LogP contribution is 2.34. The van der Waals surface area contributed by atoms with Crippen molar-refractivity contribution in [3.05, 3.63) is 52.0 Å². The van der Waals surface area contributed by atoms with Gasteiger partial charge < -0.3 is 0 Å². The van der Waals surface area contributed by atoms with Crippen LogP contribution in [0.4, 0.5) is 0 Å². The van der Waals surface area contributed by atoms with Gasteiger partial charge in [-0.3, -0.25) is 0 Å². The minimum absolute atomic E-state index is 0.0454. The van der Waals surface area contributed by atoms with Gasteiger partial charge in [-0.2, -0.15) is 0 Å². The molecular formula is C13H14ClNS. The third-order valence-electron chi connectivity index (χ3n) is 2.72. The first-order valence-corrected chi connectivity index (χ1v) is 6.56. The number of thiazole rings is 1. The average Bonchev–Trinajstić information content (AvgIpc) is 2.79. The van der Waals surface area contributed by atoms with E-state index >= 15 is 0 Å². The minimum Gasteiger partial charge on any atom is -0.248 e. The molecule has 3 heteroatoms. The van der Waals surface area contributed by atoms with Crippen LogP contribution >= 0.6 is 22.9 Å². The number of nitrogens with zero attached hydrogens (tertiary/aromatic N) is 1. The number of alkyl halides is 1. The molecule has 0 N–H and O–H groups in total. The highest BCUT2D eigenvalue weighted by molar-refractivity contribution is 7.12. The monoisotopic (exact) mass is 251 g/mol. The molecule has 2 rings (SSSR count). The van der Waals surface area contributed by atoms with Crippen LogP contribution < -0.4 is 0 Å². The Morgan fingerprint density at radius 2 is 1.94 bits per heavy atom. The maximum absolute atomic E-state index is 5.81. The fourth-order valence-electron chi connectivity index (χ4n) is 1.64. The zero-order valence-corrected chi connectivity index (χ0v) is 11.0. The van der Waals surface area contributed by atoms with Crippen molar-refractivity contribution in [1.29, 1.82) is 0 Å². The quantitative estimate of drug-likeness (QED) is 0.745. The first kappa shape index (κ1) is 11.6. The van der Waals surface area contributed by atoms with Gasteiger partial charge in [-0.1, -0.05) is 30.3 Å². The molecule has 0 aliphatic carbocycles. The predicted octanol–water partition coefficient (Wildman–Crippen LogP) is 4.21. The normalized spacial score (nSPS) is 11.7. The van der Waals surface area contributed by atoms with Crippen molar-refractivity contribution in [3.63, 3.8) is 0 Å². The maximum Gasteiger partial charge on any atom is 0.103 e. The van der Waals surface area contributed by atoms with E-state index in [-0.39, 0.29) is 5.41 Å². The summed E-state index contributed by atoms with van der Waals surface area (Å²) in [7, 11) is 0. The van der Waals surface area contributed by atoms with E-state index in [2.05, 4.69) is 43.1 Å². The van der Waals surface area contributed by atoms with Crippen LogP contribution in [0.5, 0.6) is 0 Å². The van der Waals surface area contributed by atoms with E-state index in [0.29, 0.717) is 5.88 Å². The van der Waals surface area contributed by atoms with Crippen LogP contribution in [0.2, 0.25) is 0 Å². The minimum atomic E-state index is -0.0454. The second-order valence-electron chi connectivity index (χ2n) is 4.26. The molecule has 0 aliphatic rings. The van der Waals surface area contributed by atoms with Gasteiger partial charge in [0.05, 0.1) is 5.88 Å². The third kappa shape index (κ3) is 2.13. The van der Waals surface area contributed by atoms with Crippen molar-refractivity contribution in [2.45, 2.75) is 25.1 Å². The molecule has 0 radical (unpaired) electrons. The number of rotatable bonds is 3. The molecule has 0 spiro atoms. The molecule has 0 atom stereocenters. The fraction of sp³-hybridized carbons (Fsp3) is 0.308. The van der Waals surface area contributed by atoms with E-state index in [0.717, 1.165) is 9.88 Å². The van der Waals surface area contributed by atoms with E-state index in [1.807, 2.05) is 12.3 Å². The lowest BCUT2D eigenvalue weighted by Crippen LogP contribution is -2.18. The summed E-state index contributed by atoms with van der Waals surface area (Å²) in [6, 6.07) is 10.4. The Morgan fingerprint density at radius 1 is 1.25 bits per heavy atom. The number of aromatic nitrogens is 1. The molecule has 2 aromatic rings. The van der Waals surface area contributed by atoms with E-state index in [1.54, 1.807) is 11.3 Å². The Balaban J connectivity index is 2.38. The summed E-state index contributed by atoms with van der Waals surface area (Å²) < 4.78 is 0. The van der Waals surface area contributed by atoms with E-state index in [1.165, 1.54) is 5.56 Å². The molecule has 0 fully saturated rings. The Morgan fingerprint density at radius 3 is 2.50 bits per heavy atom. The molecule has 1 aromatic heterocycles.